The third kappa shape index (κ3) is 5.31. The summed E-state index contributed by atoms with van der Waals surface area (Å²) in [6.45, 7) is 2.40. The molecule has 65 heavy (non-hydrogen) atoms. The summed E-state index contributed by atoms with van der Waals surface area (Å²) in [5.41, 5.74) is 9.90. The SMILES string of the molecule is CCC1c2c3cccc4c(-c5cccc6ccccc56)ccc(c5cccc(c25)=CC1C1(c2ccc(P(=O)(c5ccccc5)c5ccccc5)cc2)c2ccccc2-c2ccccc21)c43. The first-order valence-corrected chi connectivity index (χ1v) is 24.7. The molecule has 0 radical (unpaired) electrons. The molecule has 13 rings (SSSR count). The molecule has 0 spiro atoms. The Bertz CT molecular complexity index is 3700. The van der Waals surface area contributed by atoms with E-state index >= 15 is 4.57 Å². The molecule has 2 aliphatic rings. The van der Waals surface area contributed by atoms with Crippen LogP contribution in [0.4, 0.5) is 0 Å². The van der Waals surface area contributed by atoms with E-state index in [1.807, 2.05) is 60.7 Å². The second-order valence-electron chi connectivity index (χ2n) is 18.0. The molecule has 1 nitrogen and oxygen atoms in total. The van der Waals surface area contributed by atoms with Crippen molar-refractivity contribution in [1.29, 1.82) is 0 Å². The summed E-state index contributed by atoms with van der Waals surface area (Å²) in [6, 6.07) is 81.5. The first kappa shape index (κ1) is 38.2. The average Bonchev–Trinajstić information content (AvgIpc) is 3.68. The number of rotatable bonds is 7. The Balaban J connectivity index is 1.09. The van der Waals surface area contributed by atoms with Crippen molar-refractivity contribution < 1.29 is 4.57 Å². The topological polar surface area (TPSA) is 17.1 Å². The number of benzene rings is 11. The van der Waals surface area contributed by atoms with Crippen molar-refractivity contribution in [3.8, 4) is 22.3 Å². The van der Waals surface area contributed by atoms with Gasteiger partial charge in [0.25, 0.3) is 0 Å². The Hall–Kier alpha value is -7.31. The molecule has 2 atom stereocenters. The highest BCUT2D eigenvalue weighted by molar-refractivity contribution is 7.85. The van der Waals surface area contributed by atoms with Crippen molar-refractivity contribution in [2.45, 2.75) is 24.7 Å². The molecule has 308 valence electrons. The van der Waals surface area contributed by atoms with Gasteiger partial charge in [-0.1, -0.05) is 237 Å². The lowest BCUT2D eigenvalue weighted by Gasteiger charge is -2.45. The van der Waals surface area contributed by atoms with Crippen LogP contribution in [0.5, 0.6) is 0 Å². The minimum Gasteiger partial charge on any atom is -0.309 e. The Morgan fingerprint density at radius 3 is 1.63 bits per heavy atom. The highest BCUT2D eigenvalue weighted by Crippen LogP contribution is 2.62. The monoisotopic (exact) mass is 848 g/mol. The van der Waals surface area contributed by atoms with Crippen LogP contribution < -0.4 is 21.1 Å². The molecular formula is C63H45OP. The molecular weight excluding hydrogens is 804 g/mol. The number of hydrogen-bond acceptors (Lipinski definition) is 1. The van der Waals surface area contributed by atoms with Crippen LogP contribution in [0.25, 0.3) is 71.4 Å². The van der Waals surface area contributed by atoms with Crippen molar-refractivity contribution in [2.24, 2.45) is 5.92 Å². The van der Waals surface area contributed by atoms with Gasteiger partial charge in [-0.25, -0.2) is 0 Å². The molecule has 0 aromatic heterocycles. The van der Waals surface area contributed by atoms with E-state index in [1.54, 1.807) is 0 Å². The largest absolute Gasteiger partial charge is 0.309 e. The lowest BCUT2D eigenvalue weighted by molar-refractivity contribution is 0.393. The lowest BCUT2D eigenvalue weighted by Crippen LogP contribution is -2.41. The molecule has 0 fully saturated rings. The normalized spacial score (nSPS) is 16.1. The van der Waals surface area contributed by atoms with Gasteiger partial charge in [-0.05, 0) is 105 Å². The molecule has 0 aliphatic heterocycles. The predicted octanol–water partition coefficient (Wildman–Crippen LogP) is 14.2. The quantitative estimate of drug-likeness (QED) is 0.0887. The third-order valence-corrected chi connectivity index (χ3v) is 18.2. The van der Waals surface area contributed by atoms with E-state index < -0.39 is 12.6 Å². The Labute approximate surface area is 379 Å². The van der Waals surface area contributed by atoms with Gasteiger partial charge in [-0.15, -0.1) is 0 Å². The van der Waals surface area contributed by atoms with Gasteiger partial charge in [0.1, 0.15) is 0 Å². The van der Waals surface area contributed by atoms with Gasteiger partial charge in [0, 0.05) is 21.8 Å². The molecule has 11 aromatic carbocycles. The van der Waals surface area contributed by atoms with Crippen molar-refractivity contribution in [1.82, 2.24) is 0 Å². The van der Waals surface area contributed by atoms with E-state index in [1.165, 1.54) is 92.8 Å². The minimum atomic E-state index is -3.20. The van der Waals surface area contributed by atoms with E-state index in [0.29, 0.717) is 0 Å². The summed E-state index contributed by atoms with van der Waals surface area (Å²) in [7, 11) is -3.20. The van der Waals surface area contributed by atoms with Gasteiger partial charge >= 0.3 is 0 Å². The molecule has 0 bridgehead atoms. The van der Waals surface area contributed by atoms with E-state index in [9.17, 15) is 0 Å². The smallest absolute Gasteiger partial charge is 0.171 e. The highest BCUT2D eigenvalue weighted by atomic mass is 31.2. The van der Waals surface area contributed by atoms with Crippen LogP contribution in [0, 0.1) is 5.92 Å². The van der Waals surface area contributed by atoms with Gasteiger partial charge < -0.3 is 4.57 Å². The molecule has 0 saturated carbocycles. The first-order valence-electron chi connectivity index (χ1n) is 23.0. The minimum absolute atomic E-state index is 0.0500. The molecule has 2 heteroatoms. The second kappa shape index (κ2) is 14.6. The summed E-state index contributed by atoms with van der Waals surface area (Å²) in [4.78, 5) is 0. The van der Waals surface area contributed by atoms with Gasteiger partial charge in [-0.2, -0.15) is 0 Å². The molecule has 2 aliphatic carbocycles. The van der Waals surface area contributed by atoms with Crippen LogP contribution >= 0.6 is 7.14 Å². The standard InChI is InChI=1S/C63H45OP/c1-2-47-59(40-42-20-16-29-54-55-39-38-50(49-28-15-19-41-18-9-10-25-48(41)49)53-30-17-31-56(61(53)55)62(47)60(42)54)63(57-32-13-11-26-51(57)52-27-12-14-33-58(52)63)43-34-36-46(37-35-43)65(64,44-21-5-3-6-22-44)45-23-7-4-8-24-45/h3-40,47,59H,2H2,1H3. The van der Waals surface area contributed by atoms with Gasteiger partial charge in [0.15, 0.2) is 7.14 Å². The summed E-state index contributed by atoms with van der Waals surface area (Å²) < 4.78 is 15.7. The second-order valence-corrected chi connectivity index (χ2v) is 20.8. The Morgan fingerprint density at radius 2 is 0.923 bits per heavy atom. The summed E-state index contributed by atoms with van der Waals surface area (Å²) in [5, 5.41) is 14.4. The van der Waals surface area contributed by atoms with Crippen molar-refractivity contribution in [3.63, 3.8) is 0 Å². The molecule has 0 N–H and O–H groups in total. The van der Waals surface area contributed by atoms with Crippen molar-refractivity contribution >= 4 is 72.2 Å². The maximum Gasteiger partial charge on any atom is 0.171 e. The number of fused-ring (bicyclic) bond motifs is 6. The number of hydrogen-bond donors (Lipinski definition) is 0. The predicted molar refractivity (Wildman–Crippen MR) is 276 cm³/mol. The van der Waals surface area contributed by atoms with Gasteiger partial charge in [0.05, 0.1) is 5.41 Å². The van der Waals surface area contributed by atoms with Crippen LogP contribution in [-0.2, 0) is 9.98 Å². The van der Waals surface area contributed by atoms with Gasteiger partial charge in [0.2, 0.25) is 0 Å². The van der Waals surface area contributed by atoms with Crippen LogP contribution in [0.2, 0.25) is 0 Å². The van der Waals surface area contributed by atoms with Crippen LogP contribution in [0.1, 0.15) is 41.5 Å². The van der Waals surface area contributed by atoms with Crippen LogP contribution in [0.15, 0.2) is 224 Å². The van der Waals surface area contributed by atoms with E-state index in [2.05, 4.69) is 177 Å². The van der Waals surface area contributed by atoms with E-state index in [4.69, 9.17) is 0 Å². The first-order chi connectivity index (χ1) is 32.1. The summed E-state index contributed by atoms with van der Waals surface area (Å²) in [6.07, 6.45) is 3.60. The fourth-order valence-electron chi connectivity index (χ4n) is 12.5. The van der Waals surface area contributed by atoms with Crippen molar-refractivity contribution in [2.75, 3.05) is 0 Å². The van der Waals surface area contributed by atoms with Crippen LogP contribution in [-0.4, -0.2) is 0 Å². The Kier molecular flexibility index (Phi) is 8.58. The van der Waals surface area contributed by atoms with Gasteiger partial charge in [-0.3, -0.25) is 0 Å². The van der Waals surface area contributed by atoms with E-state index in [-0.39, 0.29) is 11.8 Å². The molecule has 11 aromatic rings. The Morgan fingerprint density at radius 1 is 0.415 bits per heavy atom. The lowest BCUT2D eigenvalue weighted by atomic mass is 9.57. The zero-order valence-corrected chi connectivity index (χ0v) is 37.1. The zero-order valence-electron chi connectivity index (χ0n) is 36.2. The highest BCUT2D eigenvalue weighted by Gasteiger charge is 2.52. The molecule has 0 heterocycles. The third-order valence-electron chi connectivity index (χ3n) is 15.1. The zero-order chi connectivity index (χ0) is 43.3. The maximum atomic E-state index is 15.7. The summed E-state index contributed by atoms with van der Waals surface area (Å²) >= 11 is 0. The van der Waals surface area contributed by atoms with Crippen molar-refractivity contribution in [3.05, 3.63) is 252 Å². The van der Waals surface area contributed by atoms with E-state index in [0.717, 1.165) is 22.3 Å². The fraction of sp³-hybridized carbons (Fsp3) is 0.0794. The molecule has 2 unspecified atom stereocenters. The fourth-order valence-corrected chi connectivity index (χ4v) is 15.1. The molecule has 0 saturated heterocycles. The summed E-state index contributed by atoms with van der Waals surface area (Å²) in [5.74, 6) is 0.219. The molecule has 0 amide bonds. The van der Waals surface area contributed by atoms with Crippen LogP contribution in [0.3, 0.4) is 0 Å². The maximum absolute atomic E-state index is 15.7. The average molecular weight is 849 g/mol.